The molecule has 2 heteroatoms. The van der Waals surface area contributed by atoms with Gasteiger partial charge in [-0.15, -0.1) is 0 Å². The minimum atomic E-state index is 0.219. The van der Waals surface area contributed by atoms with Gasteiger partial charge >= 0.3 is 0 Å². The summed E-state index contributed by atoms with van der Waals surface area (Å²) in [4.78, 5) is 0. The normalized spacial score (nSPS) is 11.2. The van der Waals surface area contributed by atoms with Gasteiger partial charge in [-0.25, -0.2) is 0 Å². The molecule has 0 spiro atoms. The molecule has 0 atom stereocenters. The lowest BCUT2D eigenvalue weighted by Gasteiger charge is -2.24. The maximum atomic E-state index is 5.89. The second-order valence-electron chi connectivity index (χ2n) is 6.45. The van der Waals surface area contributed by atoms with Gasteiger partial charge in [-0.1, -0.05) is 57.5 Å². The third-order valence-electron chi connectivity index (χ3n) is 3.63. The van der Waals surface area contributed by atoms with E-state index in [1.54, 1.807) is 0 Å². The molecule has 22 heavy (non-hydrogen) atoms. The molecule has 0 aliphatic heterocycles. The topological polar surface area (TPSA) is 18.5 Å². The second-order valence-corrected chi connectivity index (χ2v) is 6.45. The van der Waals surface area contributed by atoms with Crippen LogP contribution in [-0.2, 0) is 6.61 Å². The monoisotopic (exact) mass is 298 g/mol. The highest BCUT2D eigenvalue weighted by molar-refractivity contribution is 5.31. The molecule has 0 bridgehead atoms. The molecule has 2 nitrogen and oxygen atoms in total. The number of benzene rings is 2. The summed E-state index contributed by atoms with van der Waals surface area (Å²) in [5, 5.41) is 0. The first-order valence-electron chi connectivity index (χ1n) is 7.99. The van der Waals surface area contributed by atoms with Crippen molar-refractivity contribution >= 4 is 0 Å². The average Bonchev–Trinajstić information content (AvgIpc) is 2.53. The number of ether oxygens (including phenoxy) is 2. The van der Waals surface area contributed by atoms with E-state index in [-0.39, 0.29) is 5.41 Å². The molecule has 2 aromatic carbocycles. The van der Waals surface area contributed by atoms with Crippen LogP contribution in [0.3, 0.4) is 0 Å². The van der Waals surface area contributed by atoms with Gasteiger partial charge in [-0.2, -0.15) is 0 Å². The molecule has 0 aliphatic carbocycles. The first-order chi connectivity index (χ1) is 10.6. The Kier molecular flexibility index (Phi) is 5.88. The molecule has 0 aromatic heterocycles. The lowest BCUT2D eigenvalue weighted by atomic mass is 9.89. The van der Waals surface area contributed by atoms with Crippen LogP contribution in [0, 0.1) is 5.41 Å². The molecular weight excluding hydrogens is 272 g/mol. The van der Waals surface area contributed by atoms with Crippen molar-refractivity contribution in [3.05, 3.63) is 60.2 Å². The fraction of sp³-hybridized carbons (Fsp3) is 0.400. The molecule has 0 amide bonds. The third kappa shape index (κ3) is 5.44. The van der Waals surface area contributed by atoms with Gasteiger partial charge in [0, 0.05) is 0 Å². The maximum Gasteiger partial charge on any atom is 0.120 e. The molecule has 0 saturated carbocycles. The van der Waals surface area contributed by atoms with Crippen LogP contribution >= 0.6 is 0 Å². The van der Waals surface area contributed by atoms with Crippen molar-refractivity contribution in [3.63, 3.8) is 0 Å². The SMILES string of the molecule is CCCC(C)(C)COc1ccc(OCc2ccccc2)cc1. The Morgan fingerprint density at radius 3 is 2.00 bits per heavy atom. The average molecular weight is 298 g/mol. The van der Waals surface area contributed by atoms with E-state index in [1.807, 2.05) is 42.5 Å². The first kappa shape index (κ1) is 16.4. The lowest BCUT2D eigenvalue weighted by Crippen LogP contribution is -2.21. The van der Waals surface area contributed by atoms with Crippen LogP contribution in [0.5, 0.6) is 11.5 Å². The fourth-order valence-electron chi connectivity index (χ4n) is 2.40. The molecule has 0 unspecified atom stereocenters. The van der Waals surface area contributed by atoms with Crippen molar-refractivity contribution in [2.24, 2.45) is 5.41 Å². The summed E-state index contributed by atoms with van der Waals surface area (Å²) in [5.74, 6) is 1.76. The molecule has 0 radical (unpaired) electrons. The fourth-order valence-corrected chi connectivity index (χ4v) is 2.40. The van der Waals surface area contributed by atoms with Gasteiger partial charge in [-0.05, 0) is 41.7 Å². The van der Waals surface area contributed by atoms with Crippen molar-refractivity contribution in [1.82, 2.24) is 0 Å². The summed E-state index contributed by atoms with van der Waals surface area (Å²) < 4.78 is 11.7. The Balaban J connectivity index is 1.82. The zero-order chi connectivity index (χ0) is 15.8. The van der Waals surface area contributed by atoms with E-state index in [0.29, 0.717) is 6.61 Å². The van der Waals surface area contributed by atoms with Crippen LogP contribution in [0.4, 0.5) is 0 Å². The van der Waals surface area contributed by atoms with Crippen LogP contribution in [0.15, 0.2) is 54.6 Å². The van der Waals surface area contributed by atoms with Crippen molar-refractivity contribution in [1.29, 1.82) is 0 Å². The second kappa shape index (κ2) is 7.88. The van der Waals surface area contributed by atoms with E-state index in [0.717, 1.165) is 18.1 Å². The molecule has 0 fully saturated rings. The van der Waals surface area contributed by atoms with Crippen LogP contribution < -0.4 is 9.47 Å². The van der Waals surface area contributed by atoms with Gasteiger partial charge in [0.15, 0.2) is 0 Å². The van der Waals surface area contributed by atoms with Crippen molar-refractivity contribution in [2.75, 3.05) is 6.61 Å². The summed E-state index contributed by atoms with van der Waals surface area (Å²) in [6.07, 6.45) is 2.36. The standard InChI is InChI=1S/C20H26O2/c1-4-14-20(2,3)16-22-19-12-10-18(11-13-19)21-15-17-8-6-5-7-9-17/h5-13H,4,14-16H2,1-3H3. The Labute approximate surface area is 134 Å². The molecule has 2 rings (SSSR count). The summed E-state index contributed by atoms with van der Waals surface area (Å²) in [7, 11) is 0. The van der Waals surface area contributed by atoms with Crippen LogP contribution in [0.1, 0.15) is 39.2 Å². The summed E-state index contributed by atoms with van der Waals surface area (Å²) >= 11 is 0. The lowest BCUT2D eigenvalue weighted by molar-refractivity contribution is 0.168. The summed E-state index contributed by atoms with van der Waals surface area (Å²) in [6.45, 7) is 8.03. The predicted octanol–water partition coefficient (Wildman–Crippen LogP) is 5.47. The van der Waals surface area contributed by atoms with E-state index < -0.39 is 0 Å². The molecule has 118 valence electrons. The van der Waals surface area contributed by atoms with Crippen molar-refractivity contribution in [3.8, 4) is 11.5 Å². The van der Waals surface area contributed by atoms with E-state index in [2.05, 4.69) is 32.9 Å². The molecule has 0 heterocycles. The molecule has 0 N–H and O–H groups in total. The van der Waals surface area contributed by atoms with Gasteiger partial charge in [0.1, 0.15) is 18.1 Å². The zero-order valence-electron chi connectivity index (χ0n) is 13.8. The van der Waals surface area contributed by atoms with Crippen LogP contribution in [0.25, 0.3) is 0 Å². The first-order valence-corrected chi connectivity index (χ1v) is 7.99. The Bertz CT molecular complexity index is 544. The van der Waals surface area contributed by atoms with E-state index in [1.165, 1.54) is 18.4 Å². The Hall–Kier alpha value is -1.96. The molecular formula is C20H26O2. The zero-order valence-corrected chi connectivity index (χ0v) is 13.8. The number of hydrogen-bond acceptors (Lipinski definition) is 2. The third-order valence-corrected chi connectivity index (χ3v) is 3.63. The smallest absolute Gasteiger partial charge is 0.120 e. The van der Waals surface area contributed by atoms with E-state index >= 15 is 0 Å². The van der Waals surface area contributed by atoms with Gasteiger partial charge in [0.25, 0.3) is 0 Å². The van der Waals surface area contributed by atoms with E-state index in [4.69, 9.17) is 9.47 Å². The maximum absolute atomic E-state index is 5.89. The predicted molar refractivity (Wildman–Crippen MR) is 91.4 cm³/mol. The molecule has 0 aliphatic rings. The van der Waals surface area contributed by atoms with Gasteiger partial charge in [0.2, 0.25) is 0 Å². The number of rotatable bonds is 8. The Morgan fingerprint density at radius 1 is 0.818 bits per heavy atom. The van der Waals surface area contributed by atoms with Gasteiger partial charge < -0.3 is 9.47 Å². The van der Waals surface area contributed by atoms with Crippen LogP contribution in [0.2, 0.25) is 0 Å². The van der Waals surface area contributed by atoms with Crippen molar-refractivity contribution in [2.45, 2.75) is 40.2 Å². The van der Waals surface area contributed by atoms with E-state index in [9.17, 15) is 0 Å². The van der Waals surface area contributed by atoms with Gasteiger partial charge in [-0.3, -0.25) is 0 Å². The minimum Gasteiger partial charge on any atom is -0.493 e. The van der Waals surface area contributed by atoms with Gasteiger partial charge in [0.05, 0.1) is 6.61 Å². The summed E-state index contributed by atoms with van der Waals surface area (Å²) in [6, 6.07) is 18.1. The quantitative estimate of drug-likeness (QED) is 0.643. The summed E-state index contributed by atoms with van der Waals surface area (Å²) in [5.41, 5.74) is 1.39. The molecule has 2 aromatic rings. The van der Waals surface area contributed by atoms with Crippen molar-refractivity contribution < 1.29 is 9.47 Å². The van der Waals surface area contributed by atoms with Crippen LogP contribution in [-0.4, -0.2) is 6.61 Å². The Morgan fingerprint density at radius 2 is 1.41 bits per heavy atom. The number of hydrogen-bond donors (Lipinski definition) is 0. The minimum absolute atomic E-state index is 0.219. The molecule has 0 saturated heterocycles. The highest BCUT2D eigenvalue weighted by atomic mass is 16.5. The largest absolute Gasteiger partial charge is 0.493 e. The highest BCUT2D eigenvalue weighted by Crippen LogP contribution is 2.25. The highest BCUT2D eigenvalue weighted by Gasteiger charge is 2.17.